The SMILES string of the molecule is CSCN(CCCC(=O)Nc1ccc2[nH]nc(-c3ccc(OC(C)C)nc3)c2c1)CC(=O)N1CC=C(c2ccc(-c3ncn(C)n3)cc2)CC1. The number of aryl methyl sites for hydroxylation is 1. The van der Waals surface area contributed by atoms with Crippen LogP contribution < -0.4 is 10.1 Å². The average Bonchev–Trinajstić information content (AvgIpc) is 3.74. The quantitative estimate of drug-likeness (QED) is 0.137. The van der Waals surface area contributed by atoms with Gasteiger partial charge in [0.25, 0.3) is 0 Å². The fourth-order valence-electron chi connectivity index (χ4n) is 5.96. The highest BCUT2D eigenvalue weighted by molar-refractivity contribution is 7.98. The summed E-state index contributed by atoms with van der Waals surface area (Å²) in [4.78, 5) is 39.0. The normalized spacial score (nSPS) is 13.2. The van der Waals surface area contributed by atoms with E-state index in [0.717, 1.165) is 45.6 Å². The summed E-state index contributed by atoms with van der Waals surface area (Å²) in [5, 5.41) is 15.8. The zero-order chi connectivity index (χ0) is 35.0. The Morgan fingerprint density at radius 2 is 1.86 bits per heavy atom. The van der Waals surface area contributed by atoms with E-state index in [0.29, 0.717) is 56.4 Å². The van der Waals surface area contributed by atoms with Crippen molar-refractivity contribution in [3.05, 3.63) is 78.8 Å². The van der Waals surface area contributed by atoms with Crippen LogP contribution in [0, 0.1) is 0 Å². The van der Waals surface area contributed by atoms with Crippen molar-refractivity contribution in [2.45, 2.75) is 39.2 Å². The second-order valence-electron chi connectivity index (χ2n) is 12.6. The molecule has 1 aliphatic heterocycles. The van der Waals surface area contributed by atoms with Crippen LogP contribution in [0.3, 0.4) is 0 Å². The van der Waals surface area contributed by atoms with E-state index in [9.17, 15) is 9.59 Å². The number of benzene rings is 2. The predicted octanol–water partition coefficient (Wildman–Crippen LogP) is 5.86. The number of nitrogens with one attached hydrogen (secondary N) is 2. The maximum atomic E-state index is 13.3. The molecule has 0 spiro atoms. The smallest absolute Gasteiger partial charge is 0.237 e. The molecule has 3 aromatic heterocycles. The first-order valence-corrected chi connectivity index (χ1v) is 18.2. The Bertz CT molecular complexity index is 1950. The van der Waals surface area contributed by atoms with E-state index >= 15 is 0 Å². The van der Waals surface area contributed by atoms with Crippen molar-refractivity contribution in [2.24, 2.45) is 7.05 Å². The maximum Gasteiger partial charge on any atom is 0.237 e. The molecule has 5 aromatic rings. The van der Waals surface area contributed by atoms with Gasteiger partial charge in [0.1, 0.15) is 12.0 Å². The molecule has 0 saturated heterocycles. The molecule has 0 saturated carbocycles. The van der Waals surface area contributed by atoms with Crippen molar-refractivity contribution in [1.82, 2.24) is 39.7 Å². The number of H-pyrrole nitrogens is 1. The molecule has 0 aliphatic carbocycles. The number of amides is 2. The van der Waals surface area contributed by atoms with Gasteiger partial charge in [-0.2, -0.15) is 10.2 Å². The lowest BCUT2D eigenvalue weighted by Crippen LogP contribution is -2.42. The van der Waals surface area contributed by atoms with E-state index in [-0.39, 0.29) is 17.9 Å². The highest BCUT2D eigenvalue weighted by atomic mass is 32.2. The fraction of sp³-hybridized carbons (Fsp3) is 0.351. The summed E-state index contributed by atoms with van der Waals surface area (Å²) in [6.45, 7) is 6.17. The number of carbonyl (C=O) groups excluding carboxylic acids is 2. The molecule has 260 valence electrons. The van der Waals surface area contributed by atoms with Crippen LogP contribution in [-0.4, -0.2) is 96.0 Å². The lowest BCUT2D eigenvalue weighted by molar-refractivity contribution is -0.131. The highest BCUT2D eigenvalue weighted by Crippen LogP contribution is 2.29. The third-order valence-electron chi connectivity index (χ3n) is 8.44. The van der Waals surface area contributed by atoms with E-state index < -0.39 is 0 Å². The van der Waals surface area contributed by atoms with Gasteiger partial charge in [0, 0.05) is 66.9 Å². The van der Waals surface area contributed by atoms with Crippen molar-refractivity contribution in [2.75, 3.05) is 43.6 Å². The molecule has 0 unspecified atom stereocenters. The number of pyridine rings is 1. The fourth-order valence-corrected chi connectivity index (χ4v) is 6.54. The van der Waals surface area contributed by atoms with Gasteiger partial charge >= 0.3 is 0 Å². The van der Waals surface area contributed by atoms with Crippen LogP contribution >= 0.6 is 11.8 Å². The minimum absolute atomic E-state index is 0.0428. The zero-order valence-electron chi connectivity index (χ0n) is 28.9. The number of rotatable bonds is 14. The number of carbonyl (C=O) groups is 2. The molecule has 4 heterocycles. The van der Waals surface area contributed by atoms with E-state index in [1.165, 1.54) is 5.57 Å². The van der Waals surface area contributed by atoms with Crippen LogP contribution in [0.25, 0.3) is 39.1 Å². The van der Waals surface area contributed by atoms with Gasteiger partial charge in [-0.1, -0.05) is 30.3 Å². The Morgan fingerprint density at radius 1 is 1.06 bits per heavy atom. The van der Waals surface area contributed by atoms with Crippen LogP contribution in [0.1, 0.15) is 38.7 Å². The number of ether oxygens (including phenoxy) is 1. The molecule has 2 N–H and O–H groups in total. The molecular formula is C37H43N9O3S. The molecule has 50 heavy (non-hydrogen) atoms. The third kappa shape index (κ3) is 8.77. The van der Waals surface area contributed by atoms with Gasteiger partial charge in [0.05, 0.1) is 18.2 Å². The van der Waals surface area contributed by atoms with Gasteiger partial charge in [-0.3, -0.25) is 24.3 Å². The Hall–Kier alpha value is -5.01. The van der Waals surface area contributed by atoms with Gasteiger partial charge in [0.15, 0.2) is 5.82 Å². The molecule has 13 heteroatoms. The molecule has 2 aromatic carbocycles. The molecule has 1 aliphatic rings. The Kier molecular flexibility index (Phi) is 11.2. The third-order valence-corrected chi connectivity index (χ3v) is 9.06. The number of hydrogen-bond acceptors (Lipinski definition) is 9. The Morgan fingerprint density at radius 3 is 2.54 bits per heavy atom. The van der Waals surface area contributed by atoms with Crippen molar-refractivity contribution >= 4 is 45.7 Å². The van der Waals surface area contributed by atoms with Gasteiger partial charge in [-0.25, -0.2) is 9.97 Å². The van der Waals surface area contributed by atoms with Crippen molar-refractivity contribution in [3.8, 4) is 28.5 Å². The monoisotopic (exact) mass is 693 g/mol. The first kappa shape index (κ1) is 34.8. The largest absolute Gasteiger partial charge is 0.475 e. The summed E-state index contributed by atoms with van der Waals surface area (Å²) >= 11 is 1.68. The number of hydrogen-bond donors (Lipinski definition) is 2. The summed E-state index contributed by atoms with van der Waals surface area (Å²) in [7, 11) is 1.86. The van der Waals surface area contributed by atoms with E-state index in [1.807, 2.05) is 74.5 Å². The second kappa shape index (κ2) is 16.1. The Balaban J connectivity index is 0.979. The van der Waals surface area contributed by atoms with Gasteiger partial charge in [-0.15, -0.1) is 11.8 Å². The standard InChI is InChI=1S/C37H43N9O3S/c1-25(2)49-34-14-11-29(21-38-34)36-31-20-30(12-13-32(31)41-42-36)40-33(47)6-5-17-45(24-50-4)22-35(48)46-18-15-27(16-19-46)26-7-9-28(10-8-26)37-39-23-44(3)43-37/h7-15,20-21,23,25H,5-6,16-19,22,24H2,1-4H3,(H,40,47)(H,41,42). The minimum atomic E-state index is -0.0697. The lowest BCUT2D eigenvalue weighted by atomic mass is 9.98. The maximum absolute atomic E-state index is 13.3. The first-order valence-electron chi connectivity index (χ1n) is 16.8. The second-order valence-corrected chi connectivity index (χ2v) is 13.5. The number of anilines is 1. The van der Waals surface area contributed by atoms with Crippen LogP contribution in [-0.2, 0) is 16.6 Å². The van der Waals surface area contributed by atoms with Gasteiger partial charge < -0.3 is 15.0 Å². The molecule has 0 fully saturated rings. The van der Waals surface area contributed by atoms with Crippen molar-refractivity contribution in [1.29, 1.82) is 0 Å². The summed E-state index contributed by atoms with van der Waals surface area (Å²) in [5.74, 6) is 2.03. The van der Waals surface area contributed by atoms with Crippen LogP contribution in [0.2, 0.25) is 0 Å². The first-order chi connectivity index (χ1) is 24.2. The number of aromatic amines is 1. The molecule has 2 amide bonds. The molecular weight excluding hydrogens is 651 g/mol. The molecule has 0 radical (unpaired) electrons. The van der Waals surface area contributed by atoms with Crippen molar-refractivity contribution < 1.29 is 14.3 Å². The summed E-state index contributed by atoms with van der Waals surface area (Å²) < 4.78 is 7.35. The van der Waals surface area contributed by atoms with Gasteiger partial charge in [-0.05, 0) is 74.9 Å². The summed E-state index contributed by atoms with van der Waals surface area (Å²) in [5.41, 5.74) is 6.55. The molecule has 0 bridgehead atoms. The van der Waals surface area contributed by atoms with Crippen molar-refractivity contribution in [3.63, 3.8) is 0 Å². The summed E-state index contributed by atoms with van der Waals surface area (Å²) in [6, 6.07) is 17.7. The number of nitrogens with zero attached hydrogens (tertiary/aromatic N) is 7. The summed E-state index contributed by atoms with van der Waals surface area (Å²) in [6.07, 6.45) is 9.45. The van der Waals surface area contributed by atoms with Crippen LogP contribution in [0.4, 0.5) is 5.69 Å². The van der Waals surface area contributed by atoms with E-state index in [2.05, 4.69) is 53.7 Å². The topological polar surface area (TPSA) is 134 Å². The number of aromatic nitrogens is 6. The lowest BCUT2D eigenvalue weighted by Gasteiger charge is -2.29. The average molecular weight is 694 g/mol. The Labute approximate surface area is 296 Å². The van der Waals surface area contributed by atoms with Crippen LogP contribution in [0.5, 0.6) is 5.88 Å². The molecule has 12 nitrogen and oxygen atoms in total. The van der Waals surface area contributed by atoms with Crippen LogP contribution in [0.15, 0.2) is 73.2 Å². The minimum Gasteiger partial charge on any atom is -0.475 e. The zero-order valence-corrected chi connectivity index (χ0v) is 29.7. The number of fused-ring (bicyclic) bond motifs is 1. The highest BCUT2D eigenvalue weighted by Gasteiger charge is 2.21. The molecule has 6 rings (SSSR count). The van der Waals surface area contributed by atoms with E-state index in [4.69, 9.17) is 4.74 Å². The predicted molar refractivity (Wildman–Crippen MR) is 199 cm³/mol. The van der Waals surface area contributed by atoms with Gasteiger partial charge in [0.2, 0.25) is 17.7 Å². The number of thioether (sulfide) groups is 1. The molecule has 0 atom stereocenters. The van der Waals surface area contributed by atoms with E-state index in [1.54, 1.807) is 29.0 Å².